The number of benzene rings is 2. The smallest absolute Gasteiger partial charge is 0.272 e. The van der Waals surface area contributed by atoms with Crippen LogP contribution >= 0.6 is 23.8 Å². The van der Waals surface area contributed by atoms with E-state index in [4.69, 9.17) is 28.6 Å². The number of ether oxygens (including phenoxy) is 1. The molecule has 0 unspecified atom stereocenters. The number of rotatable bonds is 3. The van der Waals surface area contributed by atoms with Crippen molar-refractivity contribution in [1.29, 1.82) is 0 Å². The molecule has 0 spiro atoms. The molecule has 0 fully saturated rings. The molecule has 0 heterocycles. The van der Waals surface area contributed by atoms with Gasteiger partial charge in [-0.25, -0.2) is 4.39 Å². The number of methoxy groups -OCH3 is 1. The molecule has 0 aliphatic rings. The highest BCUT2D eigenvalue weighted by Crippen LogP contribution is 2.16. The number of hydrazine groups is 1. The summed E-state index contributed by atoms with van der Waals surface area (Å²) in [5, 5.41) is 3.58. The summed E-state index contributed by atoms with van der Waals surface area (Å²) in [4.78, 5) is 11.9. The van der Waals surface area contributed by atoms with Crippen molar-refractivity contribution < 1.29 is 13.9 Å². The summed E-state index contributed by atoms with van der Waals surface area (Å²) in [7, 11) is 1.41. The van der Waals surface area contributed by atoms with Gasteiger partial charge in [-0.2, -0.15) is 0 Å². The zero-order valence-corrected chi connectivity index (χ0v) is 13.6. The lowest BCUT2D eigenvalue weighted by Crippen LogP contribution is -2.44. The molecule has 0 atom stereocenters. The van der Waals surface area contributed by atoms with Gasteiger partial charge in [0, 0.05) is 16.8 Å². The van der Waals surface area contributed by atoms with E-state index in [1.54, 1.807) is 24.3 Å². The first-order valence-electron chi connectivity index (χ1n) is 6.46. The van der Waals surface area contributed by atoms with Crippen molar-refractivity contribution in [1.82, 2.24) is 10.9 Å². The van der Waals surface area contributed by atoms with Crippen LogP contribution in [0.5, 0.6) is 5.75 Å². The fourth-order valence-corrected chi connectivity index (χ4v) is 1.98. The maximum Gasteiger partial charge on any atom is 0.272 e. The molecule has 120 valence electrons. The third-order valence-electron chi connectivity index (χ3n) is 2.81. The number of anilines is 1. The van der Waals surface area contributed by atoms with Gasteiger partial charge in [-0.05, 0) is 48.6 Å². The van der Waals surface area contributed by atoms with Gasteiger partial charge < -0.3 is 10.1 Å². The van der Waals surface area contributed by atoms with Crippen LogP contribution in [0.25, 0.3) is 0 Å². The maximum absolute atomic E-state index is 13.8. The summed E-state index contributed by atoms with van der Waals surface area (Å²) >= 11 is 10.8. The molecule has 23 heavy (non-hydrogen) atoms. The topological polar surface area (TPSA) is 62.4 Å². The van der Waals surface area contributed by atoms with Crippen LogP contribution in [0, 0.1) is 5.82 Å². The van der Waals surface area contributed by atoms with Crippen LogP contribution in [-0.2, 0) is 0 Å². The fraction of sp³-hybridized carbons (Fsp3) is 0.0667. The van der Waals surface area contributed by atoms with Crippen molar-refractivity contribution in [3.8, 4) is 5.75 Å². The first-order chi connectivity index (χ1) is 11.0. The van der Waals surface area contributed by atoms with Gasteiger partial charge in [-0.3, -0.25) is 15.6 Å². The van der Waals surface area contributed by atoms with Crippen molar-refractivity contribution in [3.05, 3.63) is 58.9 Å². The van der Waals surface area contributed by atoms with Crippen LogP contribution in [0.3, 0.4) is 0 Å². The van der Waals surface area contributed by atoms with Gasteiger partial charge in [0.2, 0.25) is 0 Å². The lowest BCUT2D eigenvalue weighted by molar-refractivity contribution is 0.0940. The van der Waals surface area contributed by atoms with E-state index in [2.05, 4.69) is 16.2 Å². The van der Waals surface area contributed by atoms with E-state index in [-0.39, 0.29) is 10.7 Å². The molecule has 0 radical (unpaired) electrons. The molecule has 0 saturated carbocycles. The Bertz CT molecular complexity index is 725. The lowest BCUT2D eigenvalue weighted by atomic mass is 10.2. The summed E-state index contributed by atoms with van der Waals surface area (Å²) in [5.74, 6) is -1.03. The van der Waals surface area contributed by atoms with E-state index in [9.17, 15) is 9.18 Å². The monoisotopic (exact) mass is 353 g/mol. The predicted molar refractivity (Wildman–Crippen MR) is 91.2 cm³/mol. The van der Waals surface area contributed by atoms with Crippen LogP contribution in [0.15, 0.2) is 42.5 Å². The molecule has 3 N–H and O–H groups in total. The van der Waals surface area contributed by atoms with Crippen molar-refractivity contribution in [2.24, 2.45) is 0 Å². The highest BCUT2D eigenvalue weighted by atomic mass is 35.5. The van der Waals surface area contributed by atoms with Gasteiger partial charge >= 0.3 is 0 Å². The minimum absolute atomic E-state index is 0.132. The first kappa shape index (κ1) is 17.0. The number of halogens is 2. The van der Waals surface area contributed by atoms with Crippen molar-refractivity contribution in [2.75, 3.05) is 12.4 Å². The van der Waals surface area contributed by atoms with Gasteiger partial charge in [0.15, 0.2) is 5.11 Å². The zero-order chi connectivity index (χ0) is 16.8. The number of hydrogen-bond acceptors (Lipinski definition) is 3. The predicted octanol–water partition coefficient (Wildman–Crippen LogP) is 3.12. The Kier molecular flexibility index (Phi) is 5.72. The number of nitrogens with one attached hydrogen (secondary N) is 3. The zero-order valence-electron chi connectivity index (χ0n) is 12.0. The summed E-state index contributed by atoms with van der Waals surface area (Å²) in [6.07, 6.45) is 0. The minimum atomic E-state index is -0.694. The Morgan fingerprint density at radius 2 is 1.87 bits per heavy atom. The third kappa shape index (κ3) is 4.80. The van der Waals surface area contributed by atoms with E-state index in [0.29, 0.717) is 16.5 Å². The van der Waals surface area contributed by atoms with Crippen molar-refractivity contribution in [3.63, 3.8) is 0 Å². The largest absolute Gasteiger partial charge is 0.497 e. The molecule has 0 saturated heterocycles. The highest BCUT2D eigenvalue weighted by Gasteiger charge is 2.12. The van der Waals surface area contributed by atoms with E-state index in [0.717, 1.165) is 6.07 Å². The summed E-state index contributed by atoms with van der Waals surface area (Å²) in [6.45, 7) is 0. The average Bonchev–Trinajstić information content (AvgIpc) is 2.54. The third-order valence-corrected chi connectivity index (χ3v) is 3.27. The summed E-state index contributed by atoms with van der Waals surface area (Å²) < 4.78 is 18.6. The molecule has 8 heteroatoms. The van der Waals surface area contributed by atoms with Gasteiger partial charge in [-0.1, -0.05) is 11.6 Å². The molecule has 0 bridgehead atoms. The molecule has 2 aromatic carbocycles. The maximum atomic E-state index is 13.8. The van der Waals surface area contributed by atoms with Crippen LogP contribution < -0.4 is 20.9 Å². The standard InChI is InChI=1S/C15H13ClFN3O2S/c1-22-11-6-7-12(13(17)8-11)14(21)19-20-15(23)18-10-4-2-9(16)3-5-10/h2-8H,1H3,(H,19,21)(H2,18,20,23). The van der Waals surface area contributed by atoms with E-state index in [1.807, 2.05) is 0 Å². The molecular formula is C15H13ClFN3O2S. The molecule has 1 amide bonds. The molecule has 5 nitrogen and oxygen atoms in total. The normalized spacial score (nSPS) is 9.87. The van der Waals surface area contributed by atoms with E-state index >= 15 is 0 Å². The summed E-state index contributed by atoms with van der Waals surface area (Å²) in [5.41, 5.74) is 5.36. The minimum Gasteiger partial charge on any atom is -0.497 e. The number of amides is 1. The van der Waals surface area contributed by atoms with Crippen LogP contribution in [-0.4, -0.2) is 18.1 Å². The number of carbonyl (C=O) groups is 1. The van der Waals surface area contributed by atoms with Crippen LogP contribution in [0.2, 0.25) is 5.02 Å². The quantitative estimate of drug-likeness (QED) is 0.584. The highest BCUT2D eigenvalue weighted by molar-refractivity contribution is 7.80. The number of hydrogen-bond donors (Lipinski definition) is 3. The molecule has 2 rings (SSSR count). The number of thiocarbonyl (C=S) groups is 1. The molecular weight excluding hydrogens is 341 g/mol. The van der Waals surface area contributed by atoms with Gasteiger partial charge in [0.05, 0.1) is 12.7 Å². The Morgan fingerprint density at radius 3 is 2.48 bits per heavy atom. The average molecular weight is 354 g/mol. The molecule has 0 aromatic heterocycles. The Balaban J connectivity index is 1.91. The molecule has 0 aliphatic heterocycles. The van der Waals surface area contributed by atoms with Crippen molar-refractivity contribution >= 4 is 40.5 Å². The van der Waals surface area contributed by atoms with Crippen LogP contribution in [0.4, 0.5) is 10.1 Å². The van der Waals surface area contributed by atoms with Gasteiger partial charge in [-0.15, -0.1) is 0 Å². The Labute approximate surface area is 142 Å². The Morgan fingerprint density at radius 1 is 1.17 bits per heavy atom. The van der Waals surface area contributed by atoms with Gasteiger partial charge in [0.25, 0.3) is 5.91 Å². The second kappa shape index (κ2) is 7.75. The van der Waals surface area contributed by atoms with E-state index < -0.39 is 11.7 Å². The first-order valence-corrected chi connectivity index (χ1v) is 7.24. The summed E-state index contributed by atoms with van der Waals surface area (Å²) in [6, 6.07) is 10.8. The van der Waals surface area contributed by atoms with Gasteiger partial charge in [0.1, 0.15) is 11.6 Å². The molecule has 0 aliphatic carbocycles. The second-order valence-corrected chi connectivity index (χ2v) is 5.23. The van der Waals surface area contributed by atoms with E-state index in [1.165, 1.54) is 19.2 Å². The van der Waals surface area contributed by atoms with Crippen LogP contribution in [0.1, 0.15) is 10.4 Å². The molecule has 2 aromatic rings. The SMILES string of the molecule is COc1ccc(C(=O)NNC(=S)Nc2ccc(Cl)cc2)c(F)c1. The van der Waals surface area contributed by atoms with Crippen molar-refractivity contribution in [2.45, 2.75) is 0 Å². The Hall–Kier alpha value is -2.38. The fourth-order valence-electron chi connectivity index (χ4n) is 1.68. The lowest BCUT2D eigenvalue weighted by Gasteiger charge is -2.12. The number of carbonyl (C=O) groups excluding carboxylic acids is 1. The second-order valence-electron chi connectivity index (χ2n) is 4.39.